The van der Waals surface area contributed by atoms with Gasteiger partial charge in [-0.2, -0.15) is 26.3 Å². The summed E-state index contributed by atoms with van der Waals surface area (Å²) in [6.07, 6.45) is -9.10. The van der Waals surface area contributed by atoms with Crippen LogP contribution in [0.25, 0.3) is 10.9 Å². The van der Waals surface area contributed by atoms with E-state index in [2.05, 4.69) is 9.97 Å². The fourth-order valence-corrected chi connectivity index (χ4v) is 4.64. The number of ether oxygens (including phenoxy) is 1. The Morgan fingerprint density at radius 1 is 1.17 bits per heavy atom. The number of fused-ring (bicyclic) bond motifs is 3. The summed E-state index contributed by atoms with van der Waals surface area (Å²) < 4.78 is 84.3. The number of anilines is 1. The molecule has 1 aliphatic carbocycles. The van der Waals surface area contributed by atoms with Crippen LogP contribution in [0.15, 0.2) is 36.5 Å². The van der Waals surface area contributed by atoms with Crippen LogP contribution in [0.1, 0.15) is 52.2 Å². The van der Waals surface area contributed by atoms with Gasteiger partial charge in [-0.15, -0.1) is 0 Å². The zero-order valence-corrected chi connectivity index (χ0v) is 18.8. The molecule has 2 aromatic heterocycles. The molecule has 1 saturated carbocycles. The molecule has 0 saturated heterocycles. The Balaban J connectivity index is 1.50. The Labute approximate surface area is 201 Å². The number of nitrogens with two attached hydrogens (primary N) is 1. The van der Waals surface area contributed by atoms with Crippen LogP contribution in [0, 0.1) is 5.92 Å². The van der Waals surface area contributed by atoms with Gasteiger partial charge in [0.2, 0.25) is 0 Å². The highest BCUT2D eigenvalue weighted by Crippen LogP contribution is 2.48. The average molecular weight is 510 g/mol. The topological polar surface area (TPSA) is 81.3 Å². The summed E-state index contributed by atoms with van der Waals surface area (Å²) >= 11 is 0. The van der Waals surface area contributed by atoms with Crippen LogP contribution in [-0.4, -0.2) is 33.0 Å². The molecule has 1 aromatic carbocycles. The minimum atomic E-state index is -4.61. The molecule has 0 radical (unpaired) electrons. The van der Waals surface area contributed by atoms with Crippen molar-refractivity contribution < 1.29 is 35.9 Å². The number of carbonyl (C=O) groups excluding carboxylic acids is 1. The van der Waals surface area contributed by atoms with Gasteiger partial charge < -0.3 is 15.4 Å². The first kappa shape index (κ1) is 24.3. The first-order valence-electron chi connectivity index (χ1n) is 11.1. The number of halogens is 6. The number of rotatable bonds is 4. The number of amides is 1. The second-order valence-corrected chi connectivity index (χ2v) is 8.99. The van der Waals surface area contributed by atoms with Crippen molar-refractivity contribution in [2.45, 2.75) is 51.0 Å². The summed E-state index contributed by atoms with van der Waals surface area (Å²) in [5.41, 5.74) is 7.20. The van der Waals surface area contributed by atoms with Gasteiger partial charge in [-0.3, -0.25) is 9.78 Å². The predicted molar refractivity (Wildman–Crippen MR) is 116 cm³/mol. The summed E-state index contributed by atoms with van der Waals surface area (Å²) in [5.74, 6) is -2.09. The van der Waals surface area contributed by atoms with Gasteiger partial charge in [-0.25, -0.2) is 4.98 Å². The molecule has 3 atom stereocenters. The lowest BCUT2D eigenvalue weighted by Gasteiger charge is -2.24. The van der Waals surface area contributed by atoms with Gasteiger partial charge in [-0.1, -0.05) is 0 Å². The van der Waals surface area contributed by atoms with Gasteiger partial charge in [0, 0.05) is 28.8 Å². The van der Waals surface area contributed by atoms with Crippen LogP contribution < -0.4 is 5.73 Å². The molecule has 1 aliphatic heterocycles. The molecule has 3 heterocycles. The maximum atomic E-state index is 13.5. The number of carbonyl (C=O) groups is 1. The molecule has 2 aliphatic rings. The monoisotopic (exact) mass is 510 g/mol. The number of aromatic nitrogens is 2. The van der Waals surface area contributed by atoms with E-state index >= 15 is 0 Å². The van der Waals surface area contributed by atoms with Gasteiger partial charge in [-0.05, 0) is 49.2 Å². The Morgan fingerprint density at radius 2 is 1.92 bits per heavy atom. The van der Waals surface area contributed by atoms with E-state index in [1.165, 1.54) is 6.07 Å². The molecule has 5 rings (SSSR count). The van der Waals surface area contributed by atoms with Gasteiger partial charge in [0.05, 0.1) is 41.9 Å². The number of nitrogens with zero attached hydrogens (tertiary/aromatic N) is 3. The molecule has 0 spiro atoms. The minimum Gasteiger partial charge on any atom is -0.383 e. The van der Waals surface area contributed by atoms with E-state index in [1.807, 2.05) is 6.92 Å². The van der Waals surface area contributed by atoms with E-state index in [1.54, 1.807) is 12.1 Å². The summed E-state index contributed by atoms with van der Waals surface area (Å²) in [6, 6.07) is 5.26. The fraction of sp³-hybridized carbons (Fsp3) is 0.375. The zero-order chi connectivity index (χ0) is 26.0. The van der Waals surface area contributed by atoms with Crippen LogP contribution in [0.4, 0.5) is 32.2 Å². The van der Waals surface area contributed by atoms with Crippen LogP contribution in [-0.2, 0) is 24.1 Å². The van der Waals surface area contributed by atoms with Crippen molar-refractivity contribution in [1.82, 2.24) is 14.9 Å². The van der Waals surface area contributed by atoms with E-state index < -0.39 is 35.8 Å². The number of hydrogen-bond donors (Lipinski definition) is 1. The predicted octanol–water partition coefficient (Wildman–Crippen LogP) is 5.42. The number of pyridine rings is 2. The lowest BCUT2D eigenvalue weighted by atomic mass is 10.00. The quantitative estimate of drug-likeness (QED) is 0.475. The second-order valence-electron chi connectivity index (χ2n) is 8.99. The maximum Gasteiger partial charge on any atom is 0.417 e. The SMILES string of the molecule is CC1OCc2c1c(N)nc1ccc(C(=O)N(Cc3ccc(C(F)(F)F)cn3)[C@@H]3C[C@H]3C(F)(F)F)cc21. The number of alkyl halides is 6. The Bertz CT molecular complexity index is 1340. The molecule has 1 fully saturated rings. The highest BCUT2D eigenvalue weighted by atomic mass is 19.4. The first-order chi connectivity index (χ1) is 16.8. The number of benzene rings is 1. The molecular weight excluding hydrogens is 490 g/mol. The number of nitrogen functional groups attached to an aromatic ring is 1. The van der Waals surface area contributed by atoms with Gasteiger partial charge in [0.15, 0.2) is 0 Å². The standard InChI is InChI=1S/C24H20F6N4O2/c1-11-20-16(10-36-11)15-6-12(2-5-18(15)33-21(20)31)22(35)34(19-7-17(19)24(28,29)30)9-14-4-3-13(8-32-14)23(25,26)27/h2-6,8,11,17,19H,7,9-10H2,1H3,(H2,31,33)/t11?,17-,19-/m1/s1. The third-order valence-corrected chi connectivity index (χ3v) is 6.62. The lowest BCUT2D eigenvalue weighted by Crippen LogP contribution is -2.35. The largest absolute Gasteiger partial charge is 0.417 e. The van der Waals surface area contributed by atoms with Crippen molar-refractivity contribution in [2.24, 2.45) is 5.92 Å². The van der Waals surface area contributed by atoms with Crippen molar-refractivity contribution in [3.05, 3.63) is 64.5 Å². The molecule has 6 nitrogen and oxygen atoms in total. The molecule has 2 N–H and O–H groups in total. The number of hydrogen-bond acceptors (Lipinski definition) is 5. The summed E-state index contributed by atoms with van der Waals surface area (Å²) in [5, 5.41) is 0.602. The summed E-state index contributed by atoms with van der Waals surface area (Å²) in [4.78, 5) is 22.6. The average Bonchev–Trinajstić information content (AvgIpc) is 3.52. The van der Waals surface area contributed by atoms with Crippen LogP contribution in [0.2, 0.25) is 0 Å². The van der Waals surface area contributed by atoms with E-state index in [0.717, 1.165) is 22.6 Å². The van der Waals surface area contributed by atoms with Crippen molar-refractivity contribution >= 4 is 22.6 Å². The Morgan fingerprint density at radius 3 is 2.53 bits per heavy atom. The normalized spacial score (nSPS) is 21.5. The smallest absolute Gasteiger partial charge is 0.383 e. The zero-order valence-electron chi connectivity index (χ0n) is 18.8. The second kappa shape index (κ2) is 8.32. The van der Waals surface area contributed by atoms with Crippen molar-refractivity contribution in [3.8, 4) is 0 Å². The molecular formula is C24H20F6N4O2. The van der Waals surface area contributed by atoms with E-state index in [4.69, 9.17) is 10.5 Å². The Kier molecular flexibility index (Phi) is 5.62. The highest BCUT2D eigenvalue weighted by molar-refractivity contribution is 5.99. The molecule has 0 bridgehead atoms. The first-order valence-corrected chi connectivity index (χ1v) is 11.1. The highest BCUT2D eigenvalue weighted by Gasteiger charge is 2.59. The van der Waals surface area contributed by atoms with Crippen LogP contribution >= 0.6 is 0 Å². The lowest BCUT2D eigenvalue weighted by molar-refractivity contribution is -0.151. The molecule has 190 valence electrons. The third kappa shape index (κ3) is 4.34. The van der Waals surface area contributed by atoms with Crippen molar-refractivity contribution in [3.63, 3.8) is 0 Å². The molecule has 1 amide bonds. The maximum absolute atomic E-state index is 13.5. The third-order valence-electron chi connectivity index (χ3n) is 6.62. The fourth-order valence-electron chi connectivity index (χ4n) is 4.64. The van der Waals surface area contributed by atoms with Gasteiger partial charge in [0.25, 0.3) is 5.91 Å². The van der Waals surface area contributed by atoms with Crippen molar-refractivity contribution in [1.29, 1.82) is 0 Å². The van der Waals surface area contributed by atoms with Gasteiger partial charge >= 0.3 is 12.4 Å². The molecule has 1 unspecified atom stereocenters. The van der Waals surface area contributed by atoms with Gasteiger partial charge in [0.1, 0.15) is 5.82 Å². The molecule has 3 aromatic rings. The van der Waals surface area contributed by atoms with Crippen molar-refractivity contribution in [2.75, 3.05) is 5.73 Å². The van der Waals surface area contributed by atoms with E-state index in [9.17, 15) is 31.1 Å². The molecule has 12 heteroatoms. The minimum absolute atomic E-state index is 0.0440. The Hall–Kier alpha value is -3.41. The van der Waals surface area contributed by atoms with Crippen LogP contribution in [0.3, 0.4) is 0 Å². The van der Waals surface area contributed by atoms with E-state index in [-0.39, 0.29) is 36.9 Å². The van der Waals surface area contributed by atoms with E-state index in [0.29, 0.717) is 28.5 Å². The van der Waals surface area contributed by atoms with Crippen LogP contribution in [0.5, 0.6) is 0 Å². The summed E-state index contributed by atoms with van der Waals surface area (Å²) in [7, 11) is 0. The summed E-state index contributed by atoms with van der Waals surface area (Å²) in [6.45, 7) is 1.69. The molecule has 36 heavy (non-hydrogen) atoms.